The Hall–Kier alpha value is -2.74. The Morgan fingerprint density at radius 2 is 1.81 bits per heavy atom. The smallest absolute Gasteiger partial charge is 0.193 e. The van der Waals surface area contributed by atoms with Crippen molar-refractivity contribution < 1.29 is 4.79 Å². The second-order valence-corrected chi connectivity index (χ2v) is 5.21. The van der Waals surface area contributed by atoms with Crippen molar-refractivity contribution in [2.24, 2.45) is 0 Å². The van der Waals surface area contributed by atoms with Gasteiger partial charge in [-0.3, -0.25) is 9.78 Å². The number of allylic oxidation sites excluding steroid dienone is 2. The Bertz CT molecular complexity index is 893. The molecule has 1 aromatic heterocycles. The van der Waals surface area contributed by atoms with E-state index in [2.05, 4.69) is 11.1 Å². The van der Waals surface area contributed by atoms with E-state index in [9.17, 15) is 4.79 Å². The quantitative estimate of drug-likeness (QED) is 0.658. The molecule has 4 rings (SSSR count). The van der Waals surface area contributed by atoms with Gasteiger partial charge >= 0.3 is 0 Å². The monoisotopic (exact) mass is 271 g/mol. The van der Waals surface area contributed by atoms with Crippen LogP contribution in [0.1, 0.15) is 21.6 Å². The second-order valence-electron chi connectivity index (χ2n) is 5.21. The average molecular weight is 271 g/mol. The minimum atomic E-state index is 0.0764. The molecule has 0 aliphatic heterocycles. The van der Waals surface area contributed by atoms with E-state index < -0.39 is 0 Å². The summed E-state index contributed by atoms with van der Waals surface area (Å²) in [5.41, 5.74) is 3.46. The van der Waals surface area contributed by atoms with E-state index in [0.717, 1.165) is 39.6 Å². The average Bonchev–Trinajstić information content (AvgIpc) is 2.98. The van der Waals surface area contributed by atoms with Gasteiger partial charge in [-0.1, -0.05) is 48.5 Å². The summed E-state index contributed by atoms with van der Waals surface area (Å²) in [6.45, 7) is 0. The van der Waals surface area contributed by atoms with Crippen LogP contribution in [0.4, 0.5) is 0 Å². The van der Waals surface area contributed by atoms with Gasteiger partial charge in [0, 0.05) is 29.3 Å². The maximum Gasteiger partial charge on any atom is 0.193 e. The summed E-state index contributed by atoms with van der Waals surface area (Å²) in [7, 11) is 0. The third kappa shape index (κ3) is 1.96. The molecule has 3 aromatic rings. The molecule has 0 radical (unpaired) electrons. The van der Waals surface area contributed by atoms with E-state index in [4.69, 9.17) is 0 Å². The van der Waals surface area contributed by atoms with Crippen molar-refractivity contribution in [3.05, 3.63) is 83.7 Å². The molecule has 21 heavy (non-hydrogen) atoms. The molecule has 100 valence electrons. The summed E-state index contributed by atoms with van der Waals surface area (Å²) in [4.78, 5) is 17.1. The van der Waals surface area contributed by atoms with Crippen LogP contribution in [0.2, 0.25) is 0 Å². The minimum absolute atomic E-state index is 0.0764. The number of pyridine rings is 1. The van der Waals surface area contributed by atoms with E-state index >= 15 is 0 Å². The van der Waals surface area contributed by atoms with Crippen LogP contribution in [0.25, 0.3) is 16.3 Å². The number of rotatable bonds is 2. The highest BCUT2D eigenvalue weighted by molar-refractivity contribution is 6.30. The Morgan fingerprint density at radius 3 is 2.71 bits per heavy atom. The van der Waals surface area contributed by atoms with E-state index in [-0.39, 0.29) is 5.78 Å². The molecule has 0 atom stereocenters. The van der Waals surface area contributed by atoms with Gasteiger partial charge in [0.1, 0.15) is 0 Å². The van der Waals surface area contributed by atoms with Crippen molar-refractivity contribution in [2.45, 2.75) is 6.42 Å². The molecule has 2 nitrogen and oxygen atoms in total. The highest BCUT2D eigenvalue weighted by Crippen LogP contribution is 2.29. The van der Waals surface area contributed by atoms with Gasteiger partial charge in [-0.05, 0) is 22.9 Å². The van der Waals surface area contributed by atoms with Crippen molar-refractivity contribution in [3.63, 3.8) is 0 Å². The van der Waals surface area contributed by atoms with Crippen molar-refractivity contribution in [2.75, 3.05) is 0 Å². The number of Topliss-reactive ketones (excluding diaryl/α,β-unsaturated/α-hetero) is 1. The fourth-order valence-electron chi connectivity index (χ4n) is 2.86. The van der Waals surface area contributed by atoms with Crippen LogP contribution in [-0.4, -0.2) is 10.8 Å². The van der Waals surface area contributed by atoms with Crippen molar-refractivity contribution in [1.82, 2.24) is 4.98 Å². The summed E-state index contributed by atoms with van der Waals surface area (Å²) in [5, 5.41) is 2.24. The third-order valence-electron chi connectivity index (χ3n) is 3.94. The van der Waals surface area contributed by atoms with Crippen molar-refractivity contribution in [3.8, 4) is 0 Å². The molecular formula is C19H13NO. The van der Waals surface area contributed by atoms with Crippen LogP contribution in [0, 0.1) is 0 Å². The zero-order valence-corrected chi connectivity index (χ0v) is 11.4. The summed E-state index contributed by atoms with van der Waals surface area (Å²) in [5.74, 6) is 0.0764. The first kappa shape index (κ1) is 12.0. The first-order valence-electron chi connectivity index (χ1n) is 7.01. The molecule has 0 unspecified atom stereocenters. The van der Waals surface area contributed by atoms with Crippen molar-refractivity contribution >= 4 is 22.1 Å². The Balaban J connectivity index is 1.78. The molecule has 0 saturated carbocycles. The lowest BCUT2D eigenvalue weighted by Gasteiger charge is -2.06. The van der Waals surface area contributed by atoms with E-state index in [0.29, 0.717) is 0 Å². The molecule has 0 saturated heterocycles. The lowest BCUT2D eigenvalue weighted by Crippen LogP contribution is -2.02. The van der Waals surface area contributed by atoms with Crippen LogP contribution in [0.3, 0.4) is 0 Å². The van der Waals surface area contributed by atoms with Gasteiger partial charge in [0.15, 0.2) is 5.78 Å². The van der Waals surface area contributed by atoms with E-state index in [1.165, 1.54) is 0 Å². The Morgan fingerprint density at radius 1 is 0.952 bits per heavy atom. The molecule has 1 heterocycles. The highest BCUT2D eigenvalue weighted by atomic mass is 16.1. The largest absolute Gasteiger partial charge is 0.289 e. The van der Waals surface area contributed by atoms with Crippen LogP contribution >= 0.6 is 0 Å². The Labute approximate surface area is 122 Å². The molecule has 1 aliphatic rings. The number of aromatic nitrogens is 1. The number of carbonyl (C=O) groups excluding carboxylic acids is 1. The predicted octanol–water partition coefficient (Wildman–Crippen LogP) is 4.06. The number of nitrogens with zero attached hydrogens (tertiary/aromatic N) is 1. The van der Waals surface area contributed by atoms with Crippen LogP contribution in [0.15, 0.2) is 66.9 Å². The summed E-state index contributed by atoms with van der Waals surface area (Å²) in [6.07, 6.45) is 4.50. The van der Waals surface area contributed by atoms with Crippen LogP contribution in [0.5, 0.6) is 0 Å². The van der Waals surface area contributed by atoms with Crippen LogP contribution < -0.4 is 0 Å². The number of carbonyl (C=O) groups is 1. The summed E-state index contributed by atoms with van der Waals surface area (Å²) < 4.78 is 0. The van der Waals surface area contributed by atoms with Gasteiger partial charge in [-0.15, -0.1) is 0 Å². The fraction of sp³-hybridized carbons (Fsp3) is 0.0526. The topological polar surface area (TPSA) is 30.0 Å². The first-order valence-corrected chi connectivity index (χ1v) is 7.01. The highest BCUT2D eigenvalue weighted by Gasteiger charge is 2.21. The number of hydrogen-bond acceptors (Lipinski definition) is 2. The lowest BCUT2D eigenvalue weighted by atomic mass is 9.97. The zero-order chi connectivity index (χ0) is 14.2. The van der Waals surface area contributed by atoms with E-state index in [1.807, 2.05) is 54.6 Å². The predicted molar refractivity (Wildman–Crippen MR) is 84.2 cm³/mol. The number of hydrogen-bond donors (Lipinski definition) is 0. The number of benzene rings is 2. The number of ketones is 1. The summed E-state index contributed by atoms with van der Waals surface area (Å²) in [6, 6.07) is 17.8. The number of fused-ring (bicyclic) bond motifs is 2. The maximum absolute atomic E-state index is 12.8. The minimum Gasteiger partial charge on any atom is -0.289 e. The van der Waals surface area contributed by atoms with Gasteiger partial charge in [-0.25, -0.2) is 0 Å². The summed E-state index contributed by atoms with van der Waals surface area (Å²) >= 11 is 0. The molecule has 2 heteroatoms. The molecule has 0 amide bonds. The van der Waals surface area contributed by atoms with Crippen molar-refractivity contribution in [1.29, 1.82) is 0 Å². The standard InChI is InChI=1S/C19H13NO/c21-19(17-9-10-18-16(17)6-3-11-20-18)15-8-7-13-4-1-2-5-14(13)12-15/h1-9,11-12H,10H2. The molecule has 0 bridgehead atoms. The zero-order valence-electron chi connectivity index (χ0n) is 11.4. The third-order valence-corrected chi connectivity index (χ3v) is 3.94. The van der Waals surface area contributed by atoms with Gasteiger partial charge in [0.25, 0.3) is 0 Å². The lowest BCUT2D eigenvalue weighted by molar-refractivity contribution is 0.105. The molecular weight excluding hydrogens is 258 g/mol. The van der Waals surface area contributed by atoms with Gasteiger partial charge in [-0.2, -0.15) is 0 Å². The van der Waals surface area contributed by atoms with Crippen LogP contribution in [-0.2, 0) is 6.42 Å². The maximum atomic E-state index is 12.8. The molecule has 0 fully saturated rings. The molecule has 1 aliphatic carbocycles. The second kappa shape index (κ2) is 4.67. The Kier molecular flexibility index (Phi) is 2.68. The van der Waals surface area contributed by atoms with E-state index in [1.54, 1.807) is 6.20 Å². The van der Waals surface area contributed by atoms with Gasteiger partial charge in [0.05, 0.1) is 5.69 Å². The van der Waals surface area contributed by atoms with Gasteiger partial charge in [0.2, 0.25) is 0 Å². The van der Waals surface area contributed by atoms with Gasteiger partial charge < -0.3 is 0 Å². The normalized spacial score (nSPS) is 13.0. The first-order chi connectivity index (χ1) is 10.3. The molecule has 0 spiro atoms. The molecule has 0 N–H and O–H groups in total. The SMILES string of the molecule is O=C(C1=CCc2ncccc21)c1ccc2ccccc2c1. The molecule has 2 aromatic carbocycles. The fourth-order valence-corrected chi connectivity index (χ4v) is 2.86.